The zero-order chi connectivity index (χ0) is 13.5. The minimum atomic E-state index is 0.169. The molecule has 1 aliphatic rings. The molecule has 2 rings (SSSR count). The lowest BCUT2D eigenvalue weighted by atomic mass is 10.1. The summed E-state index contributed by atoms with van der Waals surface area (Å²) in [7, 11) is 0. The van der Waals surface area contributed by atoms with Crippen LogP contribution in [0.2, 0.25) is 0 Å². The van der Waals surface area contributed by atoms with Crippen molar-refractivity contribution in [2.45, 2.75) is 25.4 Å². The first kappa shape index (κ1) is 15.0. The van der Waals surface area contributed by atoms with Crippen LogP contribution in [0.15, 0.2) is 28.7 Å². The van der Waals surface area contributed by atoms with E-state index in [2.05, 4.69) is 39.0 Å². The van der Waals surface area contributed by atoms with Crippen LogP contribution in [0.4, 0.5) is 0 Å². The van der Waals surface area contributed by atoms with Crippen LogP contribution in [0.5, 0.6) is 0 Å². The van der Waals surface area contributed by atoms with Crippen molar-refractivity contribution in [1.82, 2.24) is 4.90 Å². The highest BCUT2D eigenvalue weighted by Crippen LogP contribution is 2.28. The normalized spacial score (nSPS) is 20.6. The summed E-state index contributed by atoms with van der Waals surface area (Å²) in [5.41, 5.74) is 1.24. The third-order valence-electron chi connectivity index (χ3n) is 3.54. The fourth-order valence-corrected chi connectivity index (χ4v) is 2.99. The van der Waals surface area contributed by atoms with Crippen LogP contribution in [-0.2, 0) is 4.74 Å². The molecule has 0 saturated carbocycles. The number of nitrogens with zero attached hydrogens (tertiary/aromatic N) is 1. The van der Waals surface area contributed by atoms with E-state index in [0.29, 0.717) is 6.61 Å². The van der Waals surface area contributed by atoms with Crippen LogP contribution in [-0.4, -0.2) is 42.9 Å². The van der Waals surface area contributed by atoms with E-state index in [9.17, 15) is 0 Å². The number of unbranched alkanes of at least 4 members (excludes halogenated alkanes) is 2. The first-order valence-electron chi connectivity index (χ1n) is 7.00. The van der Waals surface area contributed by atoms with Gasteiger partial charge in [0.15, 0.2) is 0 Å². The number of morpholine rings is 1. The third-order valence-corrected chi connectivity index (χ3v) is 4.26. The lowest BCUT2D eigenvalue weighted by Gasteiger charge is -2.33. The van der Waals surface area contributed by atoms with Gasteiger partial charge in [0.05, 0.1) is 12.7 Å². The Morgan fingerprint density at radius 3 is 2.89 bits per heavy atom. The second-order valence-corrected chi connectivity index (χ2v) is 5.82. The number of hydrogen-bond acceptors (Lipinski definition) is 3. The molecule has 1 unspecified atom stereocenters. The van der Waals surface area contributed by atoms with Gasteiger partial charge in [0.2, 0.25) is 0 Å². The van der Waals surface area contributed by atoms with Crippen molar-refractivity contribution >= 4 is 15.9 Å². The number of halogens is 1. The molecule has 0 radical (unpaired) electrons. The summed E-state index contributed by atoms with van der Waals surface area (Å²) in [6, 6.07) is 8.29. The molecular formula is C15H22BrNO2. The van der Waals surface area contributed by atoms with Crippen molar-refractivity contribution in [2.24, 2.45) is 0 Å². The van der Waals surface area contributed by atoms with Crippen LogP contribution in [0, 0.1) is 0 Å². The quantitative estimate of drug-likeness (QED) is 0.815. The van der Waals surface area contributed by atoms with Gasteiger partial charge in [0, 0.05) is 24.2 Å². The van der Waals surface area contributed by atoms with E-state index in [1.54, 1.807) is 0 Å². The first-order chi connectivity index (χ1) is 9.31. The van der Waals surface area contributed by atoms with E-state index < -0.39 is 0 Å². The summed E-state index contributed by atoms with van der Waals surface area (Å²) in [4.78, 5) is 2.46. The summed E-state index contributed by atoms with van der Waals surface area (Å²) in [5.74, 6) is 0. The Hall–Kier alpha value is -0.420. The van der Waals surface area contributed by atoms with E-state index >= 15 is 0 Å². The zero-order valence-corrected chi connectivity index (χ0v) is 12.8. The van der Waals surface area contributed by atoms with E-state index in [1.165, 1.54) is 5.56 Å². The highest BCUT2D eigenvalue weighted by Gasteiger charge is 2.22. The molecule has 3 nitrogen and oxygen atoms in total. The molecule has 0 aromatic heterocycles. The number of ether oxygens (including phenoxy) is 1. The van der Waals surface area contributed by atoms with Gasteiger partial charge in [-0.05, 0) is 37.4 Å². The molecule has 0 amide bonds. The molecule has 0 bridgehead atoms. The highest BCUT2D eigenvalue weighted by molar-refractivity contribution is 9.10. The van der Waals surface area contributed by atoms with E-state index in [-0.39, 0.29) is 6.10 Å². The SMILES string of the molecule is OCCCCCN1CCOC(c2ccccc2Br)C1. The molecule has 1 saturated heterocycles. The molecule has 1 aromatic rings. The minimum absolute atomic E-state index is 0.169. The maximum atomic E-state index is 8.79. The van der Waals surface area contributed by atoms with Gasteiger partial charge in [-0.2, -0.15) is 0 Å². The average molecular weight is 328 g/mol. The summed E-state index contributed by atoms with van der Waals surface area (Å²) in [6.07, 6.45) is 3.34. The summed E-state index contributed by atoms with van der Waals surface area (Å²) >= 11 is 3.60. The molecule has 106 valence electrons. The Kier molecular flexibility index (Phi) is 6.31. The van der Waals surface area contributed by atoms with Crippen molar-refractivity contribution in [2.75, 3.05) is 32.8 Å². The third kappa shape index (κ3) is 4.56. The molecule has 1 fully saturated rings. The second kappa shape index (κ2) is 8.00. The summed E-state index contributed by atoms with van der Waals surface area (Å²) in [6.45, 7) is 4.18. The second-order valence-electron chi connectivity index (χ2n) is 4.97. The van der Waals surface area contributed by atoms with E-state index in [1.807, 2.05) is 6.07 Å². The number of benzene rings is 1. The Bertz CT molecular complexity index is 386. The predicted octanol–water partition coefficient (Wildman–Crippen LogP) is 2.99. The molecule has 1 atom stereocenters. The molecule has 19 heavy (non-hydrogen) atoms. The van der Waals surface area contributed by atoms with Gasteiger partial charge >= 0.3 is 0 Å². The maximum Gasteiger partial charge on any atom is 0.0963 e. The molecule has 1 aliphatic heterocycles. The molecule has 0 spiro atoms. The Morgan fingerprint density at radius 2 is 2.11 bits per heavy atom. The standard InChI is InChI=1S/C15H22BrNO2/c16-14-7-3-2-6-13(14)15-12-17(9-11-19-15)8-4-1-5-10-18/h2-3,6-7,15,18H,1,4-5,8-12H2. The number of hydrogen-bond donors (Lipinski definition) is 1. The van der Waals surface area contributed by atoms with Crippen LogP contribution < -0.4 is 0 Å². The summed E-state index contributed by atoms with van der Waals surface area (Å²) in [5, 5.41) is 8.79. The number of aliphatic hydroxyl groups excluding tert-OH is 1. The molecular weight excluding hydrogens is 306 g/mol. The van der Waals surface area contributed by atoms with Crippen molar-refractivity contribution in [3.05, 3.63) is 34.3 Å². The lowest BCUT2D eigenvalue weighted by molar-refractivity contribution is -0.0307. The number of rotatable bonds is 6. The van der Waals surface area contributed by atoms with E-state index in [0.717, 1.165) is 50.0 Å². The minimum Gasteiger partial charge on any atom is -0.396 e. The fourth-order valence-electron chi connectivity index (χ4n) is 2.45. The molecule has 0 aliphatic carbocycles. The van der Waals surface area contributed by atoms with Gasteiger partial charge < -0.3 is 9.84 Å². The Balaban J connectivity index is 1.85. The van der Waals surface area contributed by atoms with Gasteiger partial charge in [-0.25, -0.2) is 0 Å². The van der Waals surface area contributed by atoms with Gasteiger partial charge in [0.25, 0.3) is 0 Å². The summed E-state index contributed by atoms with van der Waals surface area (Å²) < 4.78 is 7.02. The highest BCUT2D eigenvalue weighted by atomic mass is 79.9. The van der Waals surface area contributed by atoms with Crippen molar-refractivity contribution in [1.29, 1.82) is 0 Å². The smallest absolute Gasteiger partial charge is 0.0963 e. The van der Waals surface area contributed by atoms with Gasteiger partial charge in [-0.1, -0.05) is 34.1 Å². The largest absolute Gasteiger partial charge is 0.396 e. The van der Waals surface area contributed by atoms with Gasteiger partial charge in [-0.3, -0.25) is 4.90 Å². The van der Waals surface area contributed by atoms with E-state index in [4.69, 9.17) is 9.84 Å². The topological polar surface area (TPSA) is 32.7 Å². The van der Waals surface area contributed by atoms with Crippen LogP contribution in [0.3, 0.4) is 0 Å². The Morgan fingerprint density at radius 1 is 1.26 bits per heavy atom. The van der Waals surface area contributed by atoms with Crippen molar-refractivity contribution in [3.63, 3.8) is 0 Å². The number of aliphatic hydroxyl groups is 1. The average Bonchev–Trinajstić information content (AvgIpc) is 2.44. The van der Waals surface area contributed by atoms with Crippen LogP contribution >= 0.6 is 15.9 Å². The van der Waals surface area contributed by atoms with Gasteiger partial charge in [0.1, 0.15) is 0 Å². The molecule has 4 heteroatoms. The Labute approximate surface area is 123 Å². The first-order valence-corrected chi connectivity index (χ1v) is 7.80. The maximum absolute atomic E-state index is 8.79. The fraction of sp³-hybridized carbons (Fsp3) is 0.600. The monoisotopic (exact) mass is 327 g/mol. The molecule has 1 N–H and O–H groups in total. The van der Waals surface area contributed by atoms with Crippen molar-refractivity contribution in [3.8, 4) is 0 Å². The van der Waals surface area contributed by atoms with Crippen molar-refractivity contribution < 1.29 is 9.84 Å². The van der Waals surface area contributed by atoms with Gasteiger partial charge in [-0.15, -0.1) is 0 Å². The van der Waals surface area contributed by atoms with Crippen LogP contribution in [0.1, 0.15) is 30.9 Å². The predicted molar refractivity (Wildman–Crippen MR) is 80.2 cm³/mol. The molecule has 1 aromatic carbocycles. The lowest BCUT2D eigenvalue weighted by Crippen LogP contribution is -2.38. The molecule has 1 heterocycles. The van der Waals surface area contributed by atoms with Crippen LogP contribution in [0.25, 0.3) is 0 Å². The zero-order valence-electron chi connectivity index (χ0n) is 11.2.